The molecule has 0 unspecified atom stereocenters. The van der Waals surface area contributed by atoms with E-state index in [4.69, 9.17) is 4.52 Å². The maximum Gasteiger partial charge on any atom is 0.263 e. The topological polar surface area (TPSA) is 144 Å². The van der Waals surface area contributed by atoms with Crippen LogP contribution < -0.4 is 9.44 Å². The van der Waals surface area contributed by atoms with Gasteiger partial charge in [-0.1, -0.05) is 17.3 Å². The molecule has 0 radical (unpaired) electrons. The quantitative estimate of drug-likeness (QED) is 0.417. The van der Waals surface area contributed by atoms with Gasteiger partial charge in [-0.05, 0) is 50.2 Å². The number of sulfonamides is 2. The molecule has 2 aromatic heterocycles. The standard InChI is InChI=1S/C20H19N5O5S2/c1-13-11-20(22-14(2)21-13)25-32(28,29)16-9-7-15(8-10-16)24-31(26,27)12-18-17-5-3-4-6-19(17)30-23-18/h3-11,24H,12H2,1-2H3,(H,21,22,25). The Hall–Kier alpha value is -3.51. The van der Waals surface area contributed by atoms with Gasteiger partial charge in [0.05, 0.1) is 4.90 Å². The molecular weight excluding hydrogens is 454 g/mol. The SMILES string of the molecule is Cc1cc(NS(=O)(=O)c2ccc(NS(=O)(=O)Cc3noc4ccccc34)cc2)nc(C)n1. The summed E-state index contributed by atoms with van der Waals surface area (Å²) in [4.78, 5) is 8.12. The minimum Gasteiger partial charge on any atom is -0.356 e. The molecule has 10 nitrogen and oxygen atoms in total. The van der Waals surface area contributed by atoms with Crippen molar-refractivity contribution >= 4 is 42.5 Å². The zero-order valence-electron chi connectivity index (χ0n) is 17.1. The predicted molar refractivity (Wildman–Crippen MR) is 119 cm³/mol. The highest BCUT2D eigenvalue weighted by molar-refractivity contribution is 7.92. The molecule has 0 saturated heterocycles. The zero-order valence-corrected chi connectivity index (χ0v) is 18.7. The third-order valence-electron chi connectivity index (χ3n) is 4.42. The monoisotopic (exact) mass is 473 g/mol. The van der Waals surface area contributed by atoms with E-state index in [9.17, 15) is 16.8 Å². The smallest absolute Gasteiger partial charge is 0.263 e. The fourth-order valence-corrected chi connectivity index (χ4v) is 5.23. The van der Waals surface area contributed by atoms with Crippen molar-refractivity contribution in [2.75, 3.05) is 9.44 Å². The van der Waals surface area contributed by atoms with Crippen LogP contribution in [-0.2, 0) is 25.8 Å². The molecule has 2 N–H and O–H groups in total. The van der Waals surface area contributed by atoms with E-state index in [2.05, 4.69) is 24.6 Å². The summed E-state index contributed by atoms with van der Waals surface area (Å²) < 4.78 is 60.3. The Labute approximate surface area is 184 Å². The van der Waals surface area contributed by atoms with Crippen molar-refractivity contribution in [2.24, 2.45) is 0 Å². The van der Waals surface area contributed by atoms with Gasteiger partial charge in [-0.3, -0.25) is 9.44 Å². The molecule has 0 atom stereocenters. The zero-order chi connectivity index (χ0) is 22.9. The highest BCUT2D eigenvalue weighted by Gasteiger charge is 2.19. The van der Waals surface area contributed by atoms with Gasteiger partial charge in [0.1, 0.15) is 23.1 Å². The normalized spacial score (nSPS) is 12.1. The average molecular weight is 474 g/mol. The summed E-state index contributed by atoms with van der Waals surface area (Å²) in [5.41, 5.74) is 1.62. The summed E-state index contributed by atoms with van der Waals surface area (Å²) in [5.74, 6) is 0.199. The van der Waals surface area contributed by atoms with Crippen LogP contribution in [0, 0.1) is 13.8 Å². The van der Waals surface area contributed by atoms with Crippen molar-refractivity contribution in [3.05, 3.63) is 71.8 Å². The Bertz CT molecular complexity index is 1480. The Morgan fingerprint density at radius 3 is 2.34 bits per heavy atom. The molecule has 166 valence electrons. The Morgan fingerprint density at radius 2 is 1.62 bits per heavy atom. The molecule has 0 amide bonds. The first-order chi connectivity index (χ1) is 15.1. The first kappa shape index (κ1) is 21.7. The number of hydrogen-bond acceptors (Lipinski definition) is 8. The second-order valence-corrected chi connectivity index (χ2v) is 10.5. The van der Waals surface area contributed by atoms with Gasteiger partial charge in [0.25, 0.3) is 10.0 Å². The minimum absolute atomic E-state index is 0.0446. The molecule has 32 heavy (non-hydrogen) atoms. The van der Waals surface area contributed by atoms with Gasteiger partial charge >= 0.3 is 0 Å². The van der Waals surface area contributed by atoms with Crippen LogP contribution in [0.4, 0.5) is 11.5 Å². The van der Waals surface area contributed by atoms with Crippen molar-refractivity contribution < 1.29 is 21.4 Å². The van der Waals surface area contributed by atoms with Crippen molar-refractivity contribution in [3.8, 4) is 0 Å². The van der Waals surface area contributed by atoms with Crippen LogP contribution in [-0.4, -0.2) is 32.0 Å². The van der Waals surface area contributed by atoms with Gasteiger partial charge in [0, 0.05) is 22.8 Å². The molecule has 12 heteroatoms. The van der Waals surface area contributed by atoms with Crippen LogP contribution in [0.25, 0.3) is 11.0 Å². The lowest BCUT2D eigenvalue weighted by atomic mass is 10.2. The number of nitrogens with one attached hydrogen (secondary N) is 2. The van der Waals surface area contributed by atoms with Crippen molar-refractivity contribution in [1.29, 1.82) is 0 Å². The number of para-hydroxylation sites is 1. The van der Waals surface area contributed by atoms with E-state index in [1.807, 2.05) is 0 Å². The highest BCUT2D eigenvalue weighted by atomic mass is 32.2. The summed E-state index contributed by atoms with van der Waals surface area (Å²) in [6, 6.07) is 13.8. The van der Waals surface area contributed by atoms with Crippen molar-refractivity contribution in [3.63, 3.8) is 0 Å². The molecule has 2 heterocycles. The molecule has 0 aliphatic carbocycles. The summed E-state index contributed by atoms with van der Waals surface area (Å²) in [7, 11) is -7.72. The van der Waals surface area contributed by atoms with E-state index < -0.39 is 25.8 Å². The Balaban J connectivity index is 1.49. The molecule has 2 aromatic carbocycles. The largest absolute Gasteiger partial charge is 0.356 e. The van der Waals surface area contributed by atoms with Gasteiger partial charge in [0.2, 0.25) is 10.0 Å². The molecule has 0 fully saturated rings. The second-order valence-electron chi connectivity index (χ2n) is 7.06. The summed E-state index contributed by atoms with van der Waals surface area (Å²) in [6.07, 6.45) is 0. The molecular formula is C20H19N5O5S2. The minimum atomic E-state index is -3.91. The number of hydrogen-bond donors (Lipinski definition) is 2. The van der Waals surface area contributed by atoms with Crippen molar-refractivity contribution in [1.82, 2.24) is 15.1 Å². The van der Waals surface area contributed by atoms with Crippen LogP contribution >= 0.6 is 0 Å². The predicted octanol–water partition coefficient (Wildman–Crippen LogP) is 2.98. The van der Waals surface area contributed by atoms with E-state index in [-0.39, 0.29) is 22.1 Å². The Kier molecular flexibility index (Phi) is 5.57. The number of anilines is 2. The number of aromatic nitrogens is 3. The third kappa shape index (κ3) is 4.86. The number of aryl methyl sites for hydroxylation is 2. The molecule has 0 aliphatic heterocycles. The van der Waals surface area contributed by atoms with Crippen LogP contribution in [0.5, 0.6) is 0 Å². The van der Waals surface area contributed by atoms with Crippen molar-refractivity contribution in [2.45, 2.75) is 24.5 Å². The second kappa shape index (κ2) is 8.20. The van der Waals surface area contributed by atoms with Crippen LogP contribution in [0.3, 0.4) is 0 Å². The molecule has 0 bridgehead atoms. The summed E-state index contributed by atoms with van der Waals surface area (Å²) in [6.45, 7) is 3.39. The van der Waals surface area contributed by atoms with Crippen LogP contribution in [0.1, 0.15) is 17.2 Å². The summed E-state index contributed by atoms with van der Waals surface area (Å²) in [5, 5.41) is 4.44. The van der Waals surface area contributed by atoms with Gasteiger partial charge in [-0.2, -0.15) is 0 Å². The van der Waals surface area contributed by atoms with E-state index in [0.29, 0.717) is 22.5 Å². The first-order valence-electron chi connectivity index (χ1n) is 9.40. The third-order valence-corrected chi connectivity index (χ3v) is 6.99. The van der Waals surface area contributed by atoms with E-state index in [0.717, 1.165) is 0 Å². The lowest BCUT2D eigenvalue weighted by Crippen LogP contribution is -2.16. The van der Waals surface area contributed by atoms with Crippen LogP contribution in [0.2, 0.25) is 0 Å². The number of nitrogens with zero attached hydrogens (tertiary/aromatic N) is 3. The lowest BCUT2D eigenvalue weighted by Gasteiger charge is -2.10. The van der Waals surface area contributed by atoms with Crippen LogP contribution in [0.15, 0.2) is 64.0 Å². The molecule has 0 aliphatic rings. The lowest BCUT2D eigenvalue weighted by molar-refractivity contribution is 0.448. The fraction of sp³-hybridized carbons (Fsp3) is 0.150. The summed E-state index contributed by atoms with van der Waals surface area (Å²) >= 11 is 0. The van der Waals surface area contributed by atoms with Gasteiger partial charge in [-0.15, -0.1) is 0 Å². The average Bonchev–Trinajstić information content (AvgIpc) is 3.09. The van der Waals surface area contributed by atoms with Gasteiger partial charge in [0.15, 0.2) is 5.58 Å². The maximum absolute atomic E-state index is 12.6. The highest BCUT2D eigenvalue weighted by Crippen LogP contribution is 2.22. The maximum atomic E-state index is 12.6. The molecule has 0 saturated carbocycles. The number of rotatable bonds is 7. The van der Waals surface area contributed by atoms with E-state index >= 15 is 0 Å². The number of fused-ring (bicyclic) bond motifs is 1. The van der Waals surface area contributed by atoms with E-state index in [1.165, 1.54) is 30.3 Å². The van der Waals surface area contributed by atoms with Gasteiger partial charge in [-0.25, -0.2) is 26.8 Å². The molecule has 4 rings (SSSR count). The Morgan fingerprint density at radius 1 is 0.906 bits per heavy atom. The first-order valence-corrected chi connectivity index (χ1v) is 12.5. The number of benzene rings is 2. The van der Waals surface area contributed by atoms with Gasteiger partial charge < -0.3 is 4.52 Å². The van der Waals surface area contributed by atoms with E-state index in [1.54, 1.807) is 38.1 Å². The molecule has 4 aromatic rings. The molecule has 0 spiro atoms. The fourth-order valence-electron chi connectivity index (χ4n) is 3.11.